The maximum absolute atomic E-state index is 12.6. The summed E-state index contributed by atoms with van der Waals surface area (Å²) in [6.07, 6.45) is -3.10. The molecular weight excluding hydrogens is 269 g/mol. The van der Waals surface area contributed by atoms with Crippen LogP contribution in [0.4, 0.5) is 13.2 Å². The fraction of sp³-hybridized carbons (Fsp3) is 0.500. The van der Waals surface area contributed by atoms with Crippen molar-refractivity contribution in [3.8, 4) is 0 Å². The number of likely N-dealkylation sites (tertiary alicyclic amines) is 1. The molecule has 20 heavy (non-hydrogen) atoms. The first-order valence-corrected chi connectivity index (χ1v) is 6.50. The maximum atomic E-state index is 12.6. The number of piperidine rings is 1. The number of amides is 1. The van der Waals surface area contributed by atoms with Crippen LogP contribution in [0.3, 0.4) is 0 Å². The number of nitrogens with one attached hydrogen (secondary N) is 1. The zero-order chi connectivity index (χ0) is 14.8. The molecule has 0 aliphatic carbocycles. The minimum Gasteiger partial charge on any atom is -0.344 e. The SMILES string of the molecule is CN1CC(NCc2cccc(C(F)(F)F)c2)CCC1=O. The Labute approximate surface area is 115 Å². The third kappa shape index (κ3) is 3.72. The van der Waals surface area contributed by atoms with Crippen molar-refractivity contribution in [3.05, 3.63) is 35.4 Å². The van der Waals surface area contributed by atoms with E-state index >= 15 is 0 Å². The number of hydrogen-bond acceptors (Lipinski definition) is 2. The molecule has 0 aromatic heterocycles. The highest BCUT2D eigenvalue weighted by atomic mass is 19.4. The van der Waals surface area contributed by atoms with Crippen LogP contribution in [0.15, 0.2) is 24.3 Å². The van der Waals surface area contributed by atoms with Crippen LogP contribution in [-0.4, -0.2) is 30.4 Å². The van der Waals surface area contributed by atoms with E-state index in [9.17, 15) is 18.0 Å². The van der Waals surface area contributed by atoms with E-state index in [4.69, 9.17) is 0 Å². The van der Waals surface area contributed by atoms with Crippen LogP contribution in [0.1, 0.15) is 24.0 Å². The van der Waals surface area contributed by atoms with Gasteiger partial charge in [0.05, 0.1) is 5.56 Å². The number of rotatable bonds is 3. The van der Waals surface area contributed by atoms with Gasteiger partial charge in [-0.25, -0.2) is 0 Å². The molecule has 1 N–H and O–H groups in total. The molecule has 0 saturated carbocycles. The van der Waals surface area contributed by atoms with Crippen LogP contribution in [0.2, 0.25) is 0 Å². The largest absolute Gasteiger partial charge is 0.416 e. The summed E-state index contributed by atoms with van der Waals surface area (Å²) >= 11 is 0. The highest BCUT2D eigenvalue weighted by Gasteiger charge is 2.30. The van der Waals surface area contributed by atoms with Gasteiger partial charge in [0.1, 0.15) is 0 Å². The Morgan fingerprint density at radius 1 is 1.40 bits per heavy atom. The average Bonchev–Trinajstić information content (AvgIpc) is 2.39. The number of hydrogen-bond donors (Lipinski definition) is 1. The lowest BCUT2D eigenvalue weighted by Gasteiger charge is -2.30. The van der Waals surface area contributed by atoms with Crippen LogP contribution >= 0.6 is 0 Å². The Balaban J connectivity index is 1.93. The maximum Gasteiger partial charge on any atom is 0.416 e. The number of carbonyl (C=O) groups excluding carboxylic acids is 1. The fourth-order valence-electron chi connectivity index (χ4n) is 2.30. The first-order valence-electron chi connectivity index (χ1n) is 6.50. The molecule has 0 spiro atoms. The molecule has 1 saturated heterocycles. The van der Waals surface area contributed by atoms with Gasteiger partial charge in [0.25, 0.3) is 0 Å². The quantitative estimate of drug-likeness (QED) is 0.925. The summed E-state index contributed by atoms with van der Waals surface area (Å²) in [5.74, 6) is 0.113. The van der Waals surface area contributed by atoms with Crippen molar-refractivity contribution in [1.82, 2.24) is 10.2 Å². The van der Waals surface area contributed by atoms with E-state index in [-0.39, 0.29) is 11.9 Å². The second-order valence-corrected chi connectivity index (χ2v) is 5.09. The zero-order valence-electron chi connectivity index (χ0n) is 11.2. The van der Waals surface area contributed by atoms with Crippen LogP contribution in [0, 0.1) is 0 Å². The summed E-state index contributed by atoms with van der Waals surface area (Å²) in [4.78, 5) is 13.0. The second-order valence-electron chi connectivity index (χ2n) is 5.09. The molecule has 3 nitrogen and oxygen atoms in total. The van der Waals surface area contributed by atoms with Crippen LogP contribution in [0.5, 0.6) is 0 Å². The van der Waals surface area contributed by atoms with Crippen molar-refractivity contribution in [2.75, 3.05) is 13.6 Å². The number of halogens is 3. The molecule has 1 heterocycles. The zero-order valence-corrected chi connectivity index (χ0v) is 11.2. The average molecular weight is 286 g/mol. The predicted octanol–water partition coefficient (Wildman–Crippen LogP) is 2.42. The first kappa shape index (κ1) is 14.8. The van der Waals surface area contributed by atoms with Gasteiger partial charge in [0.2, 0.25) is 5.91 Å². The third-order valence-electron chi connectivity index (χ3n) is 3.48. The molecule has 1 amide bonds. The molecule has 1 aromatic rings. The van der Waals surface area contributed by atoms with E-state index in [2.05, 4.69) is 5.32 Å². The molecule has 1 aliphatic heterocycles. The van der Waals surface area contributed by atoms with Crippen molar-refractivity contribution < 1.29 is 18.0 Å². The standard InChI is InChI=1S/C14H17F3N2O/c1-19-9-12(5-6-13(19)20)18-8-10-3-2-4-11(7-10)14(15,16)17/h2-4,7,12,18H,5-6,8-9H2,1H3. The van der Waals surface area contributed by atoms with E-state index in [1.54, 1.807) is 18.0 Å². The smallest absolute Gasteiger partial charge is 0.344 e. The highest BCUT2D eigenvalue weighted by Crippen LogP contribution is 2.29. The minimum atomic E-state index is -4.31. The Morgan fingerprint density at radius 3 is 2.80 bits per heavy atom. The van der Waals surface area contributed by atoms with Crippen molar-refractivity contribution in [2.45, 2.75) is 31.6 Å². The van der Waals surface area contributed by atoms with Gasteiger partial charge in [-0.2, -0.15) is 13.2 Å². The van der Waals surface area contributed by atoms with Crippen LogP contribution in [-0.2, 0) is 17.5 Å². The van der Waals surface area contributed by atoms with Gasteiger partial charge in [-0.05, 0) is 18.1 Å². The van der Waals surface area contributed by atoms with E-state index in [1.807, 2.05) is 0 Å². The van der Waals surface area contributed by atoms with Gasteiger partial charge in [-0.1, -0.05) is 18.2 Å². The number of nitrogens with zero attached hydrogens (tertiary/aromatic N) is 1. The molecule has 1 atom stereocenters. The summed E-state index contributed by atoms with van der Waals surface area (Å²) in [6, 6.07) is 5.43. The predicted molar refractivity (Wildman–Crippen MR) is 68.9 cm³/mol. The Morgan fingerprint density at radius 2 is 2.15 bits per heavy atom. The van der Waals surface area contributed by atoms with Crippen molar-refractivity contribution in [2.24, 2.45) is 0 Å². The minimum absolute atomic E-state index is 0.113. The topological polar surface area (TPSA) is 32.3 Å². The Hall–Kier alpha value is -1.56. The van der Waals surface area contributed by atoms with E-state index in [0.717, 1.165) is 18.6 Å². The normalized spacial score (nSPS) is 20.3. The van der Waals surface area contributed by atoms with Gasteiger partial charge < -0.3 is 10.2 Å². The molecule has 1 aromatic carbocycles. The van der Waals surface area contributed by atoms with E-state index in [0.29, 0.717) is 25.1 Å². The molecule has 6 heteroatoms. The third-order valence-corrected chi connectivity index (χ3v) is 3.48. The highest BCUT2D eigenvalue weighted by molar-refractivity contribution is 5.76. The Kier molecular flexibility index (Phi) is 4.32. The number of likely N-dealkylation sites (N-methyl/N-ethyl adjacent to an activating group) is 1. The lowest BCUT2D eigenvalue weighted by atomic mass is 10.0. The Bertz CT molecular complexity index is 488. The molecule has 1 fully saturated rings. The van der Waals surface area contributed by atoms with Gasteiger partial charge in [0.15, 0.2) is 0 Å². The van der Waals surface area contributed by atoms with Gasteiger partial charge in [-0.15, -0.1) is 0 Å². The van der Waals surface area contributed by atoms with Gasteiger partial charge in [0, 0.05) is 32.6 Å². The first-order chi connectivity index (χ1) is 9.36. The summed E-state index contributed by atoms with van der Waals surface area (Å²) in [5, 5.41) is 3.21. The molecule has 0 bridgehead atoms. The number of benzene rings is 1. The van der Waals surface area contributed by atoms with Crippen molar-refractivity contribution in [3.63, 3.8) is 0 Å². The summed E-state index contributed by atoms with van der Waals surface area (Å²) in [5.41, 5.74) is -0.0351. The summed E-state index contributed by atoms with van der Waals surface area (Å²) < 4.78 is 37.8. The van der Waals surface area contributed by atoms with Gasteiger partial charge in [-0.3, -0.25) is 4.79 Å². The van der Waals surface area contributed by atoms with Crippen molar-refractivity contribution in [1.29, 1.82) is 0 Å². The molecule has 110 valence electrons. The second kappa shape index (κ2) is 5.83. The molecule has 1 unspecified atom stereocenters. The summed E-state index contributed by atoms with van der Waals surface area (Å²) in [6.45, 7) is 0.967. The monoisotopic (exact) mass is 286 g/mol. The molecule has 2 rings (SSSR count). The molecular formula is C14H17F3N2O. The summed E-state index contributed by atoms with van der Waals surface area (Å²) in [7, 11) is 1.74. The number of alkyl halides is 3. The number of carbonyl (C=O) groups is 1. The molecule has 1 aliphatic rings. The lowest BCUT2D eigenvalue weighted by Crippen LogP contribution is -2.46. The van der Waals surface area contributed by atoms with Crippen LogP contribution in [0.25, 0.3) is 0 Å². The molecule has 0 radical (unpaired) electrons. The van der Waals surface area contributed by atoms with Gasteiger partial charge >= 0.3 is 6.18 Å². The van der Waals surface area contributed by atoms with E-state index < -0.39 is 11.7 Å². The van der Waals surface area contributed by atoms with E-state index in [1.165, 1.54) is 6.07 Å². The van der Waals surface area contributed by atoms with Crippen molar-refractivity contribution >= 4 is 5.91 Å². The fourth-order valence-corrected chi connectivity index (χ4v) is 2.30. The van der Waals surface area contributed by atoms with Crippen LogP contribution < -0.4 is 5.32 Å². The lowest BCUT2D eigenvalue weighted by molar-refractivity contribution is -0.137.